The molecule has 0 amide bonds. The molecule has 3 rings (SSSR count). The van der Waals surface area contributed by atoms with Gasteiger partial charge in [-0.25, -0.2) is 0 Å². The minimum absolute atomic E-state index is 0.182. The van der Waals surface area contributed by atoms with Gasteiger partial charge in [0, 0.05) is 12.2 Å². The molecule has 1 aliphatic heterocycles. The highest BCUT2D eigenvalue weighted by Gasteiger charge is 2.43. The van der Waals surface area contributed by atoms with Gasteiger partial charge in [0.1, 0.15) is 5.76 Å². The summed E-state index contributed by atoms with van der Waals surface area (Å²) in [4.78, 5) is 2.05. The largest absolute Gasteiger partial charge is 0.509 e. The quantitative estimate of drug-likeness (QED) is 0.643. The lowest BCUT2D eigenvalue weighted by Gasteiger charge is -2.41. The Morgan fingerprint density at radius 2 is 1.68 bits per heavy atom. The summed E-state index contributed by atoms with van der Waals surface area (Å²) >= 11 is 0. The minimum Gasteiger partial charge on any atom is -0.509 e. The van der Waals surface area contributed by atoms with E-state index in [2.05, 4.69) is 23.1 Å². The summed E-state index contributed by atoms with van der Waals surface area (Å²) < 4.78 is 10.8. The van der Waals surface area contributed by atoms with Crippen LogP contribution in [0.5, 0.6) is 11.5 Å². The normalized spacial score (nSPS) is 18.8. The fourth-order valence-corrected chi connectivity index (χ4v) is 4.40. The van der Waals surface area contributed by atoms with Gasteiger partial charge < -0.3 is 19.5 Å². The third-order valence-corrected chi connectivity index (χ3v) is 6.25. The topological polar surface area (TPSA) is 65.7 Å². The first-order chi connectivity index (χ1) is 14.9. The average Bonchev–Trinajstić information content (AvgIpc) is 2.80. The van der Waals surface area contributed by atoms with E-state index in [1.807, 2.05) is 51.1 Å². The summed E-state index contributed by atoms with van der Waals surface area (Å²) in [5.41, 5.74) is 3.26. The van der Waals surface area contributed by atoms with Gasteiger partial charge in [0.15, 0.2) is 11.5 Å². The van der Waals surface area contributed by atoms with Crippen molar-refractivity contribution in [2.45, 2.75) is 39.0 Å². The van der Waals surface area contributed by atoms with Crippen molar-refractivity contribution in [3.8, 4) is 17.6 Å². The van der Waals surface area contributed by atoms with Crippen LogP contribution in [0.4, 0.5) is 0 Å². The van der Waals surface area contributed by atoms with E-state index >= 15 is 0 Å². The van der Waals surface area contributed by atoms with Crippen molar-refractivity contribution in [1.29, 1.82) is 5.26 Å². The second kappa shape index (κ2) is 9.18. The number of nitrogens with zero attached hydrogens (tertiary/aromatic N) is 2. The molecule has 1 atom stereocenters. The molecule has 0 saturated carbocycles. The van der Waals surface area contributed by atoms with Crippen molar-refractivity contribution in [3.05, 3.63) is 82.4 Å². The molecule has 0 radical (unpaired) electrons. The molecule has 5 heteroatoms. The standard InChI is InChI=1S/C26H30N2O3/c1-18-22(17-27)26(3,21-13-14-23(30-4)24(16-21)31-5)25(29)19(2)28(18)15-9-12-20-10-7-6-8-11-20/h6-8,10-11,13-14,16,29H,9,12,15H2,1-5H3. The summed E-state index contributed by atoms with van der Waals surface area (Å²) in [5, 5.41) is 21.4. The summed E-state index contributed by atoms with van der Waals surface area (Å²) in [7, 11) is 3.16. The van der Waals surface area contributed by atoms with Gasteiger partial charge in [-0.1, -0.05) is 36.4 Å². The number of aliphatic hydroxyl groups excluding tert-OH is 1. The number of hydrogen-bond acceptors (Lipinski definition) is 5. The van der Waals surface area contributed by atoms with Crippen LogP contribution in [0.1, 0.15) is 38.3 Å². The van der Waals surface area contributed by atoms with Crippen LogP contribution < -0.4 is 9.47 Å². The van der Waals surface area contributed by atoms with Crippen molar-refractivity contribution in [3.63, 3.8) is 0 Å². The van der Waals surface area contributed by atoms with Crippen molar-refractivity contribution in [2.24, 2.45) is 0 Å². The van der Waals surface area contributed by atoms with E-state index in [4.69, 9.17) is 9.47 Å². The van der Waals surface area contributed by atoms with Crippen molar-refractivity contribution in [2.75, 3.05) is 20.8 Å². The Morgan fingerprint density at radius 1 is 1.00 bits per heavy atom. The fraction of sp³-hybridized carbons (Fsp3) is 0.346. The van der Waals surface area contributed by atoms with Gasteiger partial charge in [0.05, 0.1) is 37.0 Å². The second-order valence-electron chi connectivity index (χ2n) is 7.94. The highest BCUT2D eigenvalue weighted by atomic mass is 16.5. The van der Waals surface area contributed by atoms with E-state index in [-0.39, 0.29) is 5.76 Å². The number of allylic oxidation sites excluding steroid dienone is 3. The first kappa shape index (κ1) is 22.3. The lowest BCUT2D eigenvalue weighted by Crippen LogP contribution is -2.39. The maximum absolute atomic E-state index is 11.3. The molecule has 0 fully saturated rings. The fourth-order valence-electron chi connectivity index (χ4n) is 4.40. The molecule has 5 nitrogen and oxygen atoms in total. The molecule has 2 aromatic carbocycles. The van der Waals surface area contributed by atoms with Crippen LogP contribution in [0.25, 0.3) is 0 Å². The van der Waals surface area contributed by atoms with E-state index in [1.165, 1.54) is 5.56 Å². The molecule has 0 saturated heterocycles. The molecule has 162 valence electrons. The SMILES string of the molecule is COc1ccc(C2(C)C(O)=C(C)N(CCCc3ccccc3)C(C)=C2C#N)cc1OC. The lowest BCUT2D eigenvalue weighted by molar-refractivity contribution is 0.270. The van der Waals surface area contributed by atoms with Crippen LogP contribution in [0, 0.1) is 11.3 Å². The van der Waals surface area contributed by atoms with Crippen LogP contribution in [-0.4, -0.2) is 30.8 Å². The van der Waals surface area contributed by atoms with Gasteiger partial charge >= 0.3 is 0 Å². The molecule has 0 bridgehead atoms. The molecule has 0 aliphatic carbocycles. The molecule has 2 aromatic rings. The Hall–Kier alpha value is -3.39. The number of aliphatic hydroxyl groups is 1. The number of methoxy groups -OCH3 is 2. The van der Waals surface area contributed by atoms with Crippen molar-refractivity contribution in [1.82, 2.24) is 4.90 Å². The molecule has 31 heavy (non-hydrogen) atoms. The van der Waals surface area contributed by atoms with E-state index in [9.17, 15) is 10.4 Å². The molecule has 1 N–H and O–H groups in total. The first-order valence-corrected chi connectivity index (χ1v) is 10.4. The number of rotatable bonds is 7. The third kappa shape index (κ3) is 3.98. The van der Waals surface area contributed by atoms with Gasteiger partial charge in [0.2, 0.25) is 0 Å². The molecular weight excluding hydrogens is 388 g/mol. The maximum Gasteiger partial charge on any atom is 0.161 e. The summed E-state index contributed by atoms with van der Waals surface area (Å²) in [6, 6.07) is 18.2. The van der Waals surface area contributed by atoms with E-state index in [1.54, 1.807) is 20.3 Å². The predicted octanol–water partition coefficient (Wildman–Crippen LogP) is 5.50. The van der Waals surface area contributed by atoms with Crippen LogP contribution in [0.3, 0.4) is 0 Å². The minimum atomic E-state index is -0.960. The number of aryl methyl sites for hydroxylation is 1. The zero-order valence-corrected chi connectivity index (χ0v) is 18.9. The number of ether oxygens (including phenoxy) is 2. The average molecular weight is 419 g/mol. The Kier molecular flexibility index (Phi) is 6.60. The molecule has 1 aliphatic rings. The number of nitriles is 1. The Labute approximate surface area is 184 Å². The molecule has 0 aromatic heterocycles. The van der Waals surface area contributed by atoms with E-state index < -0.39 is 5.41 Å². The van der Waals surface area contributed by atoms with E-state index in [0.29, 0.717) is 17.1 Å². The Morgan fingerprint density at radius 3 is 2.29 bits per heavy atom. The van der Waals surface area contributed by atoms with Crippen LogP contribution in [-0.2, 0) is 11.8 Å². The van der Waals surface area contributed by atoms with Crippen LogP contribution in [0.2, 0.25) is 0 Å². The van der Waals surface area contributed by atoms with Gasteiger partial charge in [-0.2, -0.15) is 5.26 Å². The Balaban J connectivity index is 1.96. The summed E-state index contributed by atoms with van der Waals surface area (Å²) in [6.07, 6.45) is 1.85. The van der Waals surface area contributed by atoms with Gasteiger partial charge in [-0.05, 0) is 56.9 Å². The zero-order valence-electron chi connectivity index (χ0n) is 18.9. The van der Waals surface area contributed by atoms with E-state index in [0.717, 1.165) is 36.3 Å². The smallest absolute Gasteiger partial charge is 0.161 e. The van der Waals surface area contributed by atoms with Gasteiger partial charge in [-0.3, -0.25) is 0 Å². The lowest BCUT2D eigenvalue weighted by atomic mass is 9.71. The van der Waals surface area contributed by atoms with Crippen LogP contribution in [0.15, 0.2) is 71.3 Å². The third-order valence-electron chi connectivity index (χ3n) is 6.25. The van der Waals surface area contributed by atoms with Crippen LogP contribution >= 0.6 is 0 Å². The highest BCUT2D eigenvalue weighted by Crippen LogP contribution is 2.47. The second-order valence-corrected chi connectivity index (χ2v) is 7.94. The zero-order chi connectivity index (χ0) is 22.6. The molecule has 1 heterocycles. The first-order valence-electron chi connectivity index (χ1n) is 10.4. The molecule has 1 unspecified atom stereocenters. The molecule has 0 spiro atoms. The maximum atomic E-state index is 11.3. The molecular formula is C26H30N2O3. The monoisotopic (exact) mass is 418 g/mol. The number of hydrogen-bond donors (Lipinski definition) is 1. The van der Waals surface area contributed by atoms with Gasteiger partial charge in [0.25, 0.3) is 0 Å². The Bertz CT molecular complexity index is 1050. The van der Waals surface area contributed by atoms with Crippen molar-refractivity contribution >= 4 is 0 Å². The summed E-state index contributed by atoms with van der Waals surface area (Å²) in [6.45, 7) is 6.48. The number of benzene rings is 2. The summed E-state index contributed by atoms with van der Waals surface area (Å²) in [5.74, 6) is 1.35. The predicted molar refractivity (Wildman–Crippen MR) is 122 cm³/mol. The van der Waals surface area contributed by atoms with Gasteiger partial charge in [-0.15, -0.1) is 0 Å². The highest BCUT2D eigenvalue weighted by molar-refractivity contribution is 5.57. The van der Waals surface area contributed by atoms with Crippen molar-refractivity contribution < 1.29 is 14.6 Å².